The summed E-state index contributed by atoms with van der Waals surface area (Å²) in [6.45, 7) is 23.2. The summed E-state index contributed by atoms with van der Waals surface area (Å²) in [6, 6.07) is 9.39. The molecule has 2 aromatic rings. The molecular formula is C34H48F6O4SSi2. The summed E-state index contributed by atoms with van der Waals surface area (Å²) in [5.74, 6) is 3.38. The van der Waals surface area contributed by atoms with Crippen molar-refractivity contribution in [3.63, 3.8) is 0 Å². The van der Waals surface area contributed by atoms with Gasteiger partial charge in [0.1, 0.15) is 12.4 Å². The van der Waals surface area contributed by atoms with Crippen LogP contribution in [0.15, 0.2) is 36.4 Å². The molecular weight excluding hydrogens is 675 g/mol. The predicted octanol–water partition coefficient (Wildman–Crippen LogP) is 9.09. The lowest BCUT2D eigenvalue weighted by Gasteiger charge is -2.37. The second-order valence-electron chi connectivity index (χ2n) is 15.0. The molecule has 0 bridgehead atoms. The first kappa shape index (κ1) is 41.1. The monoisotopic (exact) mass is 722 g/mol. The number of rotatable bonds is 11. The first-order chi connectivity index (χ1) is 21.1. The van der Waals surface area contributed by atoms with E-state index in [-0.39, 0.29) is 16.7 Å². The number of allylic oxidation sites excluding steroid dienone is 2. The summed E-state index contributed by atoms with van der Waals surface area (Å²) < 4.78 is 97.2. The number of ether oxygens (including phenoxy) is 1. The van der Waals surface area contributed by atoms with Gasteiger partial charge in [0, 0.05) is 9.75 Å². The Morgan fingerprint density at radius 3 is 1.77 bits per heavy atom. The minimum atomic E-state index is -6.00. The maximum absolute atomic E-state index is 13.0. The van der Waals surface area contributed by atoms with E-state index in [9.17, 15) is 31.4 Å². The normalized spacial score (nSPS) is 14.7. The molecule has 264 valence electrons. The average Bonchev–Trinajstić information content (AvgIpc) is 3.38. The smallest absolute Gasteiger partial charge is 0.438 e. The third-order valence-electron chi connectivity index (χ3n) is 7.08. The van der Waals surface area contributed by atoms with Crippen LogP contribution in [0.3, 0.4) is 0 Å². The van der Waals surface area contributed by atoms with Crippen molar-refractivity contribution in [3.05, 3.63) is 57.3 Å². The number of hydrogen-bond donors (Lipinski definition) is 1. The molecule has 0 saturated heterocycles. The van der Waals surface area contributed by atoms with Crippen LogP contribution in [0.1, 0.15) is 103 Å². The quantitative estimate of drug-likeness (QED) is 0.143. The number of thiophene rings is 1. The van der Waals surface area contributed by atoms with Crippen LogP contribution in [0, 0.1) is 11.8 Å². The fourth-order valence-corrected chi connectivity index (χ4v) is 7.15. The highest BCUT2D eigenvalue weighted by atomic mass is 32.1. The fourth-order valence-electron chi connectivity index (χ4n) is 4.25. The van der Waals surface area contributed by atoms with E-state index in [1.807, 2.05) is 18.2 Å². The first-order valence-electron chi connectivity index (χ1n) is 15.3. The SMILES string of the molecule is CC/C(=C\C#CC(O)(C(F)(F)F)C(F)(F)F)c1ccc(COc2ccc(C(C)(C)O[SiH2]C(C)(C)C)c(C(C)(C)O[SiH2]C(C)(C)C)c2)s1. The van der Waals surface area contributed by atoms with Crippen molar-refractivity contribution in [2.75, 3.05) is 0 Å². The molecule has 0 amide bonds. The van der Waals surface area contributed by atoms with E-state index in [1.54, 1.807) is 25.0 Å². The van der Waals surface area contributed by atoms with Gasteiger partial charge < -0.3 is 18.7 Å². The summed E-state index contributed by atoms with van der Waals surface area (Å²) in [5.41, 5.74) is -3.87. The Labute approximate surface area is 284 Å². The maximum atomic E-state index is 13.0. The van der Waals surface area contributed by atoms with Crippen molar-refractivity contribution in [1.29, 1.82) is 0 Å². The van der Waals surface area contributed by atoms with Crippen molar-refractivity contribution in [3.8, 4) is 17.6 Å². The maximum Gasteiger partial charge on any atom is 0.438 e. The zero-order valence-corrected chi connectivity index (χ0v) is 32.8. The molecule has 4 nitrogen and oxygen atoms in total. The Morgan fingerprint density at radius 1 is 0.787 bits per heavy atom. The summed E-state index contributed by atoms with van der Waals surface area (Å²) >= 11 is 1.29. The van der Waals surface area contributed by atoms with Gasteiger partial charge in [0.2, 0.25) is 0 Å². The molecule has 2 rings (SSSR count). The standard InChI is InChI=1S/C34H48F6O4SSi2/c1-12-22(14-13-19-32(41,33(35,36)37)34(38,39)40)27-18-16-24(45-27)21-42-23-15-17-25(30(8,9)43-46-28(2,3)4)26(20-23)31(10,11)44-47-29(5,6)7/h14-18,20,41H,12,21,46-47H2,1-11H3/b22-14+. The fraction of sp³-hybridized carbons (Fsp3) is 0.588. The predicted molar refractivity (Wildman–Crippen MR) is 183 cm³/mol. The van der Waals surface area contributed by atoms with Crippen LogP contribution in [-0.4, -0.2) is 42.6 Å². The summed E-state index contributed by atoms with van der Waals surface area (Å²) in [6.07, 6.45) is -10.7. The van der Waals surface area contributed by atoms with E-state index in [0.717, 1.165) is 28.0 Å². The van der Waals surface area contributed by atoms with Crippen LogP contribution in [0.25, 0.3) is 5.57 Å². The lowest BCUT2D eigenvalue weighted by atomic mass is 9.85. The second-order valence-corrected chi connectivity index (χ2v) is 21.5. The lowest BCUT2D eigenvalue weighted by molar-refractivity contribution is -0.343. The number of alkyl halides is 6. The van der Waals surface area contributed by atoms with Gasteiger partial charge in [0.05, 0.1) is 11.2 Å². The van der Waals surface area contributed by atoms with E-state index in [2.05, 4.69) is 69.2 Å². The Morgan fingerprint density at radius 2 is 1.30 bits per heavy atom. The van der Waals surface area contributed by atoms with Gasteiger partial charge in [0.15, 0.2) is 19.5 Å². The molecule has 1 aromatic carbocycles. The highest BCUT2D eigenvalue weighted by Crippen LogP contribution is 2.43. The highest BCUT2D eigenvalue weighted by molar-refractivity contribution is 7.13. The van der Waals surface area contributed by atoms with Gasteiger partial charge in [-0.2, -0.15) is 26.3 Å². The summed E-state index contributed by atoms with van der Waals surface area (Å²) in [4.78, 5) is 1.40. The molecule has 0 radical (unpaired) electrons. The van der Waals surface area contributed by atoms with Gasteiger partial charge in [-0.1, -0.05) is 60.5 Å². The summed E-state index contributed by atoms with van der Waals surface area (Å²) in [5, 5.41) is 9.50. The van der Waals surface area contributed by atoms with E-state index in [0.29, 0.717) is 22.6 Å². The largest absolute Gasteiger partial charge is 0.488 e. The van der Waals surface area contributed by atoms with Gasteiger partial charge in [0.25, 0.3) is 0 Å². The molecule has 0 aliphatic heterocycles. The van der Waals surface area contributed by atoms with Gasteiger partial charge in [-0.25, -0.2) is 0 Å². The number of aliphatic hydroxyl groups is 1. The Balaban J connectivity index is 2.38. The lowest BCUT2D eigenvalue weighted by Crippen LogP contribution is -2.55. The molecule has 0 spiro atoms. The summed E-state index contributed by atoms with van der Waals surface area (Å²) in [7, 11) is -1.77. The molecule has 0 atom stereocenters. The van der Waals surface area contributed by atoms with Gasteiger partial charge in [-0.3, -0.25) is 0 Å². The van der Waals surface area contributed by atoms with E-state index >= 15 is 0 Å². The van der Waals surface area contributed by atoms with Crippen molar-refractivity contribution < 1.29 is 45.0 Å². The zero-order valence-electron chi connectivity index (χ0n) is 29.1. The van der Waals surface area contributed by atoms with Gasteiger partial charge in [-0.05, 0) is 97.2 Å². The highest BCUT2D eigenvalue weighted by Gasteiger charge is 2.70. The molecule has 0 unspecified atom stereocenters. The van der Waals surface area contributed by atoms with Crippen molar-refractivity contribution >= 4 is 36.4 Å². The van der Waals surface area contributed by atoms with Crippen molar-refractivity contribution in [2.45, 2.75) is 128 Å². The second kappa shape index (κ2) is 14.8. The topological polar surface area (TPSA) is 47.9 Å². The van der Waals surface area contributed by atoms with Crippen LogP contribution < -0.4 is 4.74 Å². The molecule has 13 heteroatoms. The number of hydrogen-bond acceptors (Lipinski definition) is 5. The van der Waals surface area contributed by atoms with Crippen molar-refractivity contribution in [2.24, 2.45) is 0 Å². The molecule has 47 heavy (non-hydrogen) atoms. The Bertz CT molecular complexity index is 1440. The van der Waals surface area contributed by atoms with E-state index in [4.69, 9.17) is 13.6 Å². The molecule has 1 N–H and O–H groups in total. The van der Waals surface area contributed by atoms with Crippen LogP contribution >= 0.6 is 11.3 Å². The van der Waals surface area contributed by atoms with E-state index < -0.39 is 48.7 Å². The van der Waals surface area contributed by atoms with Crippen LogP contribution in [-0.2, 0) is 26.7 Å². The Kier molecular flexibility index (Phi) is 12.9. The zero-order chi connectivity index (χ0) is 36.3. The van der Waals surface area contributed by atoms with Gasteiger partial charge >= 0.3 is 18.0 Å². The van der Waals surface area contributed by atoms with Crippen LogP contribution in [0.5, 0.6) is 5.75 Å². The van der Waals surface area contributed by atoms with Crippen LogP contribution in [0.2, 0.25) is 10.1 Å². The average molecular weight is 723 g/mol. The third kappa shape index (κ3) is 11.5. The molecule has 0 aliphatic carbocycles. The van der Waals surface area contributed by atoms with Gasteiger partial charge in [-0.15, -0.1) is 11.3 Å². The minimum Gasteiger partial charge on any atom is -0.488 e. The molecule has 0 saturated carbocycles. The third-order valence-corrected chi connectivity index (χ3v) is 11.7. The van der Waals surface area contributed by atoms with E-state index in [1.165, 1.54) is 11.3 Å². The number of halogens is 6. The Hall–Kier alpha value is -2.09. The molecule has 1 aromatic heterocycles. The minimum absolute atomic E-state index is 0.0862. The van der Waals surface area contributed by atoms with Crippen molar-refractivity contribution in [1.82, 2.24) is 0 Å². The van der Waals surface area contributed by atoms with Crippen LogP contribution in [0.4, 0.5) is 26.3 Å². The number of benzene rings is 1. The molecule has 1 heterocycles. The molecule has 0 aliphatic rings. The molecule has 0 fully saturated rings. The first-order valence-corrected chi connectivity index (χ1v) is 18.7.